The second kappa shape index (κ2) is 8.97. The maximum absolute atomic E-state index is 11.5. The third kappa shape index (κ3) is 6.76. The summed E-state index contributed by atoms with van der Waals surface area (Å²) in [5.41, 5.74) is 0.913. The zero-order valence-corrected chi connectivity index (χ0v) is 12.3. The highest BCUT2D eigenvalue weighted by Crippen LogP contribution is 2.01. The van der Waals surface area contributed by atoms with Crippen LogP contribution in [0.15, 0.2) is 30.3 Å². The largest absolute Gasteiger partial charge is 0.480 e. The summed E-state index contributed by atoms with van der Waals surface area (Å²) in [6, 6.07) is 8.76. The van der Waals surface area contributed by atoms with Crippen LogP contribution < -0.4 is 10.6 Å². The first kappa shape index (κ1) is 17.0. The molecule has 0 saturated heterocycles. The van der Waals surface area contributed by atoms with Gasteiger partial charge in [-0.1, -0.05) is 44.2 Å². The number of amides is 1. The topological polar surface area (TPSA) is 87.7 Å². The first-order valence-electron chi connectivity index (χ1n) is 6.91. The van der Waals surface area contributed by atoms with E-state index in [4.69, 9.17) is 9.84 Å². The standard InChI is InChI=1S/C15H22N2O4/c1-11(2)13(14(18)19)16-8-9-17-15(20)21-10-12-6-4-3-5-7-12/h3-7,11,13,16H,8-10H2,1-2H3,(H,17,20)(H,18,19). The summed E-state index contributed by atoms with van der Waals surface area (Å²) in [5, 5.41) is 14.4. The van der Waals surface area contributed by atoms with Crippen molar-refractivity contribution in [1.29, 1.82) is 0 Å². The average molecular weight is 294 g/mol. The fraction of sp³-hybridized carbons (Fsp3) is 0.467. The molecule has 0 aliphatic carbocycles. The molecule has 1 aromatic carbocycles. The molecule has 0 radical (unpaired) electrons. The lowest BCUT2D eigenvalue weighted by molar-refractivity contribution is -0.140. The van der Waals surface area contributed by atoms with Crippen LogP contribution >= 0.6 is 0 Å². The Labute approximate surface area is 124 Å². The summed E-state index contributed by atoms with van der Waals surface area (Å²) in [7, 11) is 0. The van der Waals surface area contributed by atoms with E-state index in [0.29, 0.717) is 13.1 Å². The smallest absolute Gasteiger partial charge is 0.407 e. The molecule has 0 aliphatic heterocycles. The van der Waals surface area contributed by atoms with Gasteiger partial charge in [-0.05, 0) is 11.5 Å². The number of hydrogen-bond acceptors (Lipinski definition) is 4. The van der Waals surface area contributed by atoms with E-state index >= 15 is 0 Å². The Morgan fingerprint density at radius 1 is 1.19 bits per heavy atom. The van der Waals surface area contributed by atoms with Crippen LogP contribution in [0.1, 0.15) is 19.4 Å². The molecule has 0 fully saturated rings. The van der Waals surface area contributed by atoms with Crippen molar-refractivity contribution in [1.82, 2.24) is 10.6 Å². The Balaban J connectivity index is 2.17. The molecular formula is C15H22N2O4. The normalized spacial score (nSPS) is 12.0. The Kier molecular flexibility index (Phi) is 7.25. The number of rotatable bonds is 8. The number of benzene rings is 1. The van der Waals surface area contributed by atoms with Crippen molar-refractivity contribution in [2.45, 2.75) is 26.5 Å². The minimum Gasteiger partial charge on any atom is -0.480 e. The number of aliphatic carboxylic acids is 1. The molecule has 1 rings (SSSR count). The van der Waals surface area contributed by atoms with Gasteiger partial charge in [0.25, 0.3) is 0 Å². The average Bonchev–Trinajstić information content (AvgIpc) is 2.45. The van der Waals surface area contributed by atoms with E-state index < -0.39 is 18.1 Å². The molecule has 0 bridgehead atoms. The van der Waals surface area contributed by atoms with Crippen LogP contribution in [0, 0.1) is 5.92 Å². The van der Waals surface area contributed by atoms with E-state index in [1.54, 1.807) is 0 Å². The van der Waals surface area contributed by atoms with Crippen LogP contribution in [0.2, 0.25) is 0 Å². The lowest BCUT2D eigenvalue weighted by atomic mass is 10.1. The fourth-order valence-corrected chi connectivity index (χ4v) is 1.77. The zero-order valence-electron chi connectivity index (χ0n) is 12.3. The predicted octanol–water partition coefficient (Wildman–Crippen LogP) is 1.61. The third-order valence-electron chi connectivity index (χ3n) is 2.90. The molecule has 0 spiro atoms. The Bertz CT molecular complexity index is 448. The molecule has 1 aromatic rings. The fourth-order valence-electron chi connectivity index (χ4n) is 1.77. The van der Waals surface area contributed by atoms with Gasteiger partial charge in [-0.25, -0.2) is 4.79 Å². The van der Waals surface area contributed by atoms with Crippen molar-refractivity contribution in [3.8, 4) is 0 Å². The second-order valence-corrected chi connectivity index (χ2v) is 5.00. The van der Waals surface area contributed by atoms with Gasteiger partial charge in [-0.3, -0.25) is 4.79 Å². The minimum absolute atomic E-state index is 0.0208. The number of ether oxygens (including phenoxy) is 1. The Hall–Kier alpha value is -2.08. The SMILES string of the molecule is CC(C)C(NCCNC(=O)OCc1ccccc1)C(=O)O. The van der Waals surface area contributed by atoms with E-state index in [-0.39, 0.29) is 12.5 Å². The second-order valence-electron chi connectivity index (χ2n) is 5.00. The molecule has 0 aliphatic rings. The summed E-state index contributed by atoms with van der Waals surface area (Å²) in [6.07, 6.45) is -0.517. The maximum atomic E-state index is 11.5. The molecule has 0 heterocycles. The maximum Gasteiger partial charge on any atom is 0.407 e. The summed E-state index contributed by atoms with van der Waals surface area (Å²) in [5.74, 6) is -0.913. The van der Waals surface area contributed by atoms with Crippen LogP contribution in [0.3, 0.4) is 0 Å². The minimum atomic E-state index is -0.892. The van der Waals surface area contributed by atoms with Gasteiger partial charge in [0.15, 0.2) is 0 Å². The molecular weight excluding hydrogens is 272 g/mol. The number of carbonyl (C=O) groups excluding carboxylic acids is 1. The zero-order chi connectivity index (χ0) is 15.7. The highest BCUT2D eigenvalue weighted by Gasteiger charge is 2.20. The summed E-state index contributed by atoms with van der Waals surface area (Å²) in [4.78, 5) is 22.4. The van der Waals surface area contributed by atoms with E-state index in [9.17, 15) is 9.59 Å². The van der Waals surface area contributed by atoms with Gasteiger partial charge in [0.1, 0.15) is 12.6 Å². The van der Waals surface area contributed by atoms with Gasteiger partial charge in [-0.2, -0.15) is 0 Å². The molecule has 116 valence electrons. The van der Waals surface area contributed by atoms with Crippen molar-refractivity contribution >= 4 is 12.1 Å². The first-order chi connectivity index (χ1) is 10.0. The van der Waals surface area contributed by atoms with Gasteiger partial charge < -0.3 is 20.5 Å². The highest BCUT2D eigenvalue weighted by atomic mass is 16.5. The Morgan fingerprint density at radius 2 is 1.86 bits per heavy atom. The van der Waals surface area contributed by atoms with Crippen LogP contribution in [0.5, 0.6) is 0 Å². The number of carboxylic acids is 1. The lowest BCUT2D eigenvalue weighted by Crippen LogP contribution is -2.44. The Morgan fingerprint density at radius 3 is 2.43 bits per heavy atom. The lowest BCUT2D eigenvalue weighted by Gasteiger charge is -2.17. The first-order valence-corrected chi connectivity index (χ1v) is 6.91. The van der Waals surface area contributed by atoms with Crippen molar-refractivity contribution in [3.63, 3.8) is 0 Å². The number of alkyl carbamates (subject to hydrolysis) is 1. The molecule has 6 nitrogen and oxygen atoms in total. The number of carbonyl (C=O) groups is 2. The monoisotopic (exact) mass is 294 g/mol. The van der Waals surface area contributed by atoms with Crippen molar-refractivity contribution < 1.29 is 19.4 Å². The van der Waals surface area contributed by atoms with Crippen LogP contribution in [-0.4, -0.2) is 36.3 Å². The molecule has 3 N–H and O–H groups in total. The van der Waals surface area contributed by atoms with E-state index in [0.717, 1.165) is 5.56 Å². The van der Waals surface area contributed by atoms with Crippen molar-refractivity contribution in [2.24, 2.45) is 5.92 Å². The van der Waals surface area contributed by atoms with Gasteiger partial charge in [0, 0.05) is 13.1 Å². The quantitative estimate of drug-likeness (QED) is 0.634. The van der Waals surface area contributed by atoms with Crippen molar-refractivity contribution in [2.75, 3.05) is 13.1 Å². The van der Waals surface area contributed by atoms with Gasteiger partial charge in [-0.15, -0.1) is 0 Å². The van der Waals surface area contributed by atoms with Gasteiger partial charge in [0.05, 0.1) is 0 Å². The number of carboxylic acid groups (broad SMARTS) is 1. The van der Waals surface area contributed by atoms with Crippen LogP contribution in [-0.2, 0) is 16.1 Å². The summed E-state index contributed by atoms with van der Waals surface area (Å²) < 4.78 is 5.04. The van der Waals surface area contributed by atoms with Crippen LogP contribution in [0.25, 0.3) is 0 Å². The number of hydrogen-bond donors (Lipinski definition) is 3. The third-order valence-corrected chi connectivity index (χ3v) is 2.90. The molecule has 0 aromatic heterocycles. The molecule has 6 heteroatoms. The molecule has 1 amide bonds. The van der Waals surface area contributed by atoms with E-state index in [1.807, 2.05) is 44.2 Å². The molecule has 1 atom stereocenters. The van der Waals surface area contributed by atoms with E-state index in [1.165, 1.54) is 0 Å². The molecule has 1 unspecified atom stereocenters. The summed E-state index contributed by atoms with van der Waals surface area (Å²) >= 11 is 0. The van der Waals surface area contributed by atoms with E-state index in [2.05, 4.69) is 10.6 Å². The molecule has 21 heavy (non-hydrogen) atoms. The highest BCUT2D eigenvalue weighted by molar-refractivity contribution is 5.73. The van der Waals surface area contributed by atoms with Gasteiger partial charge >= 0.3 is 12.1 Å². The molecule has 0 saturated carbocycles. The number of nitrogens with one attached hydrogen (secondary N) is 2. The van der Waals surface area contributed by atoms with Crippen molar-refractivity contribution in [3.05, 3.63) is 35.9 Å². The van der Waals surface area contributed by atoms with Gasteiger partial charge in [0.2, 0.25) is 0 Å². The predicted molar refractivity (Wildman–Crippen MR) is 78.9 cm³/mol. The van der Waals surface area contributed by atoms with Crippen LogP contribution in [0.4, 0.5) is 4.79 Å². The summed E-state index contributed by atoms with van der Waals surface area (Å²) in [6.45, 7) is 4.55.